The number of hydrogen-bond donors (Lipinski definition) is 0. The van der Waals surface area contributed by atoms with E-state index >= 15 is 0 Å². The van der Waals surface area contributed by atoms with Gasteiger partial charge in [-0.2, -0.15) is 0 Å². The van der Waals surface area contributed by atoms with E-state index in [1.165, 1.54) is 17.7 Å². The van der Waals surface area contributed by atoms with E-state index < -0.39 is 0 Å². The number of halogens is 1. The summed E-state index contributed by atoms with van der Waals surface area (Å²) < 4.78 is 18.7. The van der Waals surface area contributed by atoms with Gasteiger partial charge in [-0.15, -0.1) is 0 Å². The van der Waals surface area contributed by atoms with E-state index in [0.29, 0.717) is 0 Å². The highest BCUT2D eigenvalue weighted by molar-refractivity contribution is 5.22. The Balaban J connectivity index is 1.53. The van der Waals surface area contributed by atoms with Crippen LogP contribution in [0, 0.1) is 5.82 Å². The highest BCUT2D eigenvalue weighted by atomic mass is 19.1. The van der Waals surface area contributed by atoms with Gasteiger partial charge < -0.3 is 4.74 Å². The first-order valence-electron chi connectivity index (χ1n) is 6.98. The maximum Gasteiger partial charge on any atom is 0.123 e. The molecular weight excluding hydrogens is 253 g/mol. The number of ether oxygens (including phenoxy) is 1. The molecule has 0 spiro atoms. The van der Waals surface area contributed by atoms with E-state index in [0.717, 1.165) is 31.8 Å². The molecule has 0 N–H and O–H groups in total. The van der Waals surface area contributed by atoms with Gasteiger partial charge in [0.1, 0.15) is 17.7 Å². The van der Waals surface area contributed by atoms with Crippen molar-refractivity contribution in [2.75, 3.05) is 13.1 Å². The Hall–Kier alpha value is -1.87. The van der Waals surface area contributed by atoms with Crippen molar-refractivity contribution < 1.29 is 9.13 Å². The van der Waals surface area contributed by atoms with Gasteiger partial charge in [0.25, 0.3) is 0 Å². The van der Waals surface area contributed by atoms with Crippen LogP contribution in [0.1, 0.15) is 12.0 Å². The first kappa shape index (κ1) is 13.1. The second kappa shape index (κ2) is 6.06. The summed E-state index contributed by atoms with van der Waals surface area (Å²) in [5.41, 5.74) is 1.33. The predicted molar refractivity (Wildman–Crippen MR) is 77.2 cm³/mol. The standard InChI is InChI=1S/C17H18FNO/c18-15-6-8-16(9-7-15)20-17-10-11-19(13-17)12-14-4-2-1-3-5-14/h1-9,17H,10-13H2. The van der Waals surface area contributed by atoms with Gasteiger partial charge in [0, 0.05) is 19.6 Å². The second-order valence-corrected chi connectivity index (χ2v) is 5.20. The van der Waals surface area contributed by atoms with Gasteiger partial charge in [0.2, 0.25) is 0 Å². The maximum atomic E-state index is 12.8. The Bertz CT molecular complexity index is 541. The predicted octanol–water partition coefficient (Wildman–Crippen LogP) is 3.48. The summed E-state index contributed by atoms with van der Waals surface area (Å²) in [7, 11) is 0. The van der Waals surface area contributed by atoms with E-state index in [9.17, 15) is 4.39 Å². The van der Waals surface area contributed by atoms with Crippen LogP contribution in [0.15, 0.2) is 54.6 Å². The summed E-state index contributed by atoms with van der Waals surface area (Å²) in [6.07, 6.45) is 1.22. The van der Waals surface area contributed by atoms with Gasteiger partial charge in [-0.05, 0) is 36.2 Å². The fraction of sp³-hybridized carbons (Fsp3) is 0.294. The van der Waals surface area contributed by atoms with Crippen molar-refractivity contribution in [1.29, 1.82) is 0 Å². The summed E-state index contributed by atoms with van der Waals surface area (Å²) in [5.74, 6) is 0.521. The normalized spacial score (nSPS) is 19.1. The average Bonchev–Trinajstić information content (AvgIpc) is 2.90. The first-order valence-corrected chi connectivity index (χ1v) is 6.98. The minimum absolute atomic E-state index is 0.198. The summed E-state index contributed by atoms with van der Waals surface area (Å²) in [4.78, 5) is 2.39. The summed E-state index contributed by atoms with van der Waals surface area (Å²) in [5, 5.41) is 0. The van der Waals surface area contributed by atoms with Crippen LogP contribution in [0.25, 0.3) is 0 Å². The number of hydrogen-bond acceptors (Lipinski definition) is 2. The van der Waals surface area contributed by atoms with E-state index in [2.05, 4.69) is 29.2 Å². The molecule has 104 valence electrons. The Kier molecular flexibility index (Phi) is 3.97. The average molecular weight is 271 g/mol. The lowest BCUT2D eigenvalue weighted by Gasteiger charge is -2.17. The molecule has 2 nitrogen and oxygen atoms in total. The summed E-state index contributed by atoms with van der Waals surface area (Å²) in [6.45, 7) is 2.93. The van der Waals surface area contributed by atoms with Crippen LogP contribution in [0.5, 0.6) is 5.75 Å². The van der Waals surface area contributed by atoms with Crippen LogP contribution >= 0.6 is 0 Å². The van der Waals surface area contributed by atoms with Gasteiger partial charge in [0.15, 0.2) is 0 Å². The minimum Gasteiger partial charge on any atom is -0.489 e. The molecule has 1 unspecified atom stereocenters. The van der Waals surface area contributed by atoms with Crippen molar-refractivity contribution in [3.05, 3.63) is 66.0 Å². The smallest absolute Gasteiger partial charge is 0.123 e. The maximum absolute atomic E-state index is 12.8. The van der Waals surface area contributed by atoms with Crippen LogP contribution < -0.4 is 4.74 Å². The summed E-state index contributed by atoms with van der Waals surface area (Å²) in [6, 6.07) is 16.7. The van der Waals surface area contributed by atoms with Gasteiger partial charge in [-0.3, -0.25) is 4.90 Å². The zero-order valence-corrected chi connectivity index (χ0v) is 11.3. The number of nitrogens with zero attached hydrogens (tertiary/aromatic N) is 1. The van der Waals surface area contributed by atoms with Crippen molar-refractivity contribution >= 4 is 0 Å². The Labute approximate surface area is 118 Å². The summed E-state index contributed by atoms with van der Waals surface area (Å²) >= 11 is 0. The van der Waals surface area contributed by atoms with Gasteiger partial charge in [-0.25, -0.2) is 4.39 Å². The lowest BCUT2D eigenvalue weighted by atomic mass is 10.2. The molecule has 2 aromatic rings. The van der Waals surface area contributed by atoms with Crippen LogP contribution in [-0.2, 0) is 6.54 Å². The quantitative estimate of drug-likeness (QED) is 0.844. The van der Waals surface area contributed by atoms with Crippen molar-refractivity contribution in [2.24, 2.45) is 0 Å². The zero-order valence-electron chi connectivity index (χ0n) is 11.3. The largest absolute Gasteiger partial charge is 0.489 e. The van der Waals surface area contributed by atoms with Gasteiger partial charge >= 0.3 is 0 Å². The molecule has 1 saturated heterocycles. The van der Waals surface area contributed by atoms with Crippen molar-refractivity contribution in [3.63, 3.8) is 0 Å². The molecule has 0 radical (unpaired) electrons. The van der Waals surface area contributed by atoms with Crippen LogP contribution in [0.2, 0.25) is 0 Å². The van der Waals surface area contributed by atoms with Crippen LogP contribution in [0.3, 0.4) is 0 Å². The number of rotatable bonds is 4. The molecular formula is C17H18FNO. The molecule has 0 aliphatic carbocycles. The SMILES string of the molecule is Fc1ccc(OC2CCN(Cc3ccccc3)C2)cc1. The Morgan fingerprint density at radius 1 is 1.05 bits per heavy atom. The van der Waals surface area contributed by atoms with E-state index in [1.54, 1.807) is 12.1 Å². The molecule has 0 aromatic heterocycles. The third-order valence-corrected chi connectivity index (χ3v) is 3.59. The molecule has 1 fully saturated rings. The third-order valence-electron chi connectivity index (χ3n) is 3.59. The molecule has 3 heteroatoms. The van der Waals surface area contributed by atoms with E-state index in [1.807, 2.05) is 6.07 Å². The molecule has 1 atom stereocenters. The lowest BCUT2D eigenvalue weighted by molar-refractivity contribution is 0.198. The zero-order chi connectivity index (χ0) is 13.8. The topological polar surface area (TPSA) is 12.5 Å². The molecule has 2 aromatic carbocycles. The Morgan fingerprint density at radius 2 is 1.80 bits per heavy atom. The van der Waals surface area contributed by atoms with Crippen molar-refractivity contribution in [3.8, 4) is 5.75 Å². The molecule has 1 heterocycles. The molecule has 3 rings (SSSR count). The second-order valence-electron chi connectivity index (χ2n) is 5.20. The van der Waals surface area contributed by atoms with E-state index in [4.69, 9.17) is 4.74 Å². The van der Waals surface area contributed by atoms with Crippen LogP contribution in [-0.4, -0.2) is 24.1 Å². The minimum atomic E-state index is -0.227. The highest BCUT2D eigenvalue weighted by Crippen LogP contribution is 2.20. The molecule has 0 saturated carbocycles. The molecule has 0 bridgehead atoms. The third kappa shape index (κ3) is 3.36. The monoisotopic (exact) mass is 271 g/mol. The number of likely N-dealkylation sites (tertiary alicyclic amines) is 1. The fourth-order valence-electron chi connectivity index (χ4n) is 2.58. The molecule has 0 amide bonds. The Morgan fingerprint density at radius 3 is 2.55 bits per heavy atom. The molecule has 1 aliphatic heterocycles. The van der Waals surface area contributed by atoms with Crippen molar-refractivity contribution in [1.82, 2.24) is 4.90 Å². The first-order chi connectivity index (χ1) is 9.79. The fourth-order valence-corrected chi connectivity index (χ4v) is 2.58. The van der Waals surface area contributed by atoms with Crippen molar-refractivity contribution in [2.45, 2.75) is 19.1 Å². The molecule has 20 heavy (non-hydrogen) atoms. The van der Waals surface area contributed by atoms with Crippen LogP contribution in [0.4, 0.5) is 4.39 Å². The van der Waals surface area contributed by atoms with Gasteiger partial charge in [0.05, 0.1) is 0 Å². The lowest BCUT2D eigenvalue weighted by Crippen LogP contribution is -2.24. The highest BCUT2D eigenvalue weighted by Gasteiger charge is 2.23. The molecule has 1 aliphatic rings. The van der Waals surface area contributed by atoms with Gasteiger partial charge in [-0.1, -0.05) is 30.3 Å². The number of benzene rings is 2. The van der Waals surface area contributed by atoms with E-state index in [-0.39, 0.29) is 11.9 Å².